The molecule has 0 heterocycles. The third-order valence-corrected chi connectivity index (χ3v) is 1.80. The van der Waals surface area contributed by atoms with Crippen molar-refractivity contribution in [2.24, 2.45) is 33.7 Å². The summed E-state index contributed by atoms with van der Waals surface area (Å²) in [5, 5.41) is 8.70. The predicted molar refractivity (Wildman–Crippen MR) is 56.6 cm³/mol. The molecule has 0 radical (unpaired) electrons. The van der Waals surface area contributed by atoms with Crippen molar-refractivity contribution in [1.29, 1.82) is 0 Å². The highest BCUT2D eigenvalue weighted by Crippen LogP contribution is 2.10. The molecule has 0 aliphatic carbocycles. The number of carbonyl (C=O) groups is 1. The van der Waals surface area contributed by atoms with Gasteiger partial charge in [0.15, 0.2) is 11.6 Å². The number of carboxylic acid groups (broad SMARTS) is 1. The second kappa shape index (κ2) is 5.49. The largest absolute Gasteiger partial charge is 0.479 e. The molecular weight excluding hydrogens is 200 g/mol. The van der Waals surface area contributed by atoms with Crippen LogP contribution in [-0.4, -0.2) is 35.3 Å². The topological polar surface area (TPSA) is 180 Å². The number of carboxylic acids is 1. The average molecular weight is 218 g/mol. The first-order valence-electron chi connectivity index (χ1n) is 4.39. The molecule has 0 saturated carbocycles. The minimum atomic E-state index is -1.85. The quantitative estimate of drug-likeness (QED) is 0.157. The molecule has 11 N–H and O–H groups in total. The number of nitrogens with two attached hydrogens (primary N) is 5. The molecule has 8 nitrogen and oxygen atoms in total. The van der Waals surface area contributed by atoms with Gasteiger partial charge >= 0.3 is 5.97 Å². The predicted octanol–water partition coefficient (Wildman–Crippen LogP) is -2.93. The molecule has 0 aromatic carbocycles. The van der Waals surface area contributed by atoms with Crippen LogP contribution in [0.4, 0.5) is 0 Å². The van der Waals surface area contributed by atoms with Crippen LogP contribution in [0.25, 0.3) is 0 Å². The zero-order chi connectivity index (χ0) is 12.1. The van der Waals surface area contributed by atoms with Gasteiger partial charge in [-0.1, -0.05) is 0 Å². The molecule has 0 fully saturated rings. The minimum absolute atomic E-state index is 0.0720. The van der Waals surface area contributed by atoms with E-state index in [2.05, 4.69) is 4.99 Å². The van der Waals surface area contributed by atoms with E-state index < -0.39 is 17.7 Å². The number of hydrogen-bond acceptors (Lipinski definition) is 5. The minimum Gasteiger partial charge on any atom is -0.479 e. The smallest absolute Gasteiger partial charge is 0.338 e. The monoisotopic (exact) mass is 218 g/mol. The first kappa shape index (κ1) is 13.6. The fourth-order valence-corrected chi connectivity index (χ4v) is 1.09. The summed E-state index contributed by atoms with van der Waals surface area (Å²) in [5.74, 6) is -1.45. The van der Waals surface area contributed by atoms with Crippen LogP contribution < -0.4 is 28.7 Å². The van der Waals surface area contributed by atoms with Crippen molar-refractivity contribution in [3.63, 3.8) is 0 Å². The first-order chi connectivity index (χ1) is 6.79. The van der Waals surface area contributed by atoms with Crippen LogP contribution in [0.3, 0.4) is 0 Å². The summed E-state index contributed by atoms with van der Waals surface area (Å²) < 4.78 is 0. The van der Waals surface area contributed by atoms with E-state index in [4.69, 9.17) is 33.8 Å². The van der Waals surface area contributed by atoms with E-state index >= 15 is 0 Å². The van der Waals surface area contributed by atoms with Crippen molar-refractivity contribution >= 4 is 11.9 Å². The number of aliphatic carboxylic acids is 1. The fourth-order valence-electron chi connectivity index (χ4n) is 1.09. The number of rotatable bonds is 6. The molecule has 15 heavy (non-hydrogen) atoms. The lowest BCUT2D eigenvalue weighted by Crippen LogP contribution is -2.58. The summed E-state index contributed by atoms with van der Waals surface area (Å²) >= 11 is 0. The van der Waals surface area contributed by atoms with E-state index in [1.54, 1.807) is 0 Å². The van der Waals surface area contributed by atoms with Crippen LogP contribution >= 0.6 is 0 Å². The highest BCUT2D eigenvalue weighted by atomic mass is 16.4. The Kier molecular flexibility index (Phi) is 4.98. The lowest BCUT2D eigenvalue weighted by atomic mass is 10.0. The van der Waals surface area contributed by atoms with Crippen LogP contribution in [0.1, 0.15) is 12.8 Å². The molecular formula is C7H18N6O2. The van der Waals surface area contributed by atoms with Gasteiger partial charge in [0.05, 0.1) is 6.04 Å². The Morgan fingerprint density at radius 3 is 2.27 bits per heavy atom. The highest BCUT2D eigenvalue weighted by Gasteiger charge is 2.31. The molecule has 0 aliphatic heterocycles. The van der Waals surface area contributed by atoms with E-state index in [0.29, 0.717) is 13.0 Å². The zero-order valence-corrected chi connectivity index (χ0v) is 8.39. The van der Waals surface area contributed by atoms with Crippen molar-refractivity contribution in [3.8, 4) is 0 Å². The van der Waals surface area contributed by atoms with Gasteiger partial charge in [-0.15, -0.1) is 0 Å². The lowest BCUT2D eigenvalue weighted by molar-refractivity contribution is -0.143. The van der Waals surface area contributed by atoms with Crippen molar-refractivity contribution < 1.29 is 9.90 Å². The number of aliphatic imine (C=N–C) groups is 1. The first-order valence-corrected chi connectivity index (χ1v) is 4.39. The van der Waals surface area contributed by atoms with Gasteiger partial charge in [-0.2, -0.15) is 0 Å². The molecule has 0 saturated heterocycles. The second-order valence-electron chi connectivity index (χ2n) is 3.33. The standard InChI is InChI=1S/C7H18N6O2/c8-2-1-4(13-6(9)10)3-7(11,12)5(14)15/h4H,1-3,8,11-12H2,(H,14,15)(H4,9,10,13). The van der Waals surface area contributed by atoms with E-state index in [1.807, 2.05) is 0 Å². The SMILES string of the molecule is NCCC(CC(N)(N)C(=O)O)N=C(N)N. The van der Waals surface area contributed by atoms with Crippen LogP contribution in [0.15, 0.2) is 4.99 Å². The third kappa shape index (κ3) is 5.15. The van der Waals surface area contributed by atoms with Gasteiger partial charge in [-0.25, -0.2) is 4.79 Å². The summed E-state index contributed by atoms with van der Waals surface area (Å²) in [7, 11) is 0. The molecule has 0 aromatic rings. The Bertz CT molecular complexity index is 248. The Morgan fingerprint density at radius 2 is 1.93 bits per heavy atom. The normalized spacial score (nSPS) is 13.3. The van der Waals surface area contributed by atoms with Gasteiger partial charge in [0.25, 0.3) is 0 Å². The molecule has 88 valence electrons. The van der Waals surface area contributed by atoms with Crippen LogP contribution in [0.5, 0.6) is 0 Å². The lowest BCUT2D eigenvalue weighted by Gasteiger charge is -2.23. The number of guanidine groups is 1. The highest BCUT2D eigenvalue weighted by molar-refractivity contribution is 5.78. The Hall–Kier alpha value is -1.38. The number of nitrogens with zero attached hydrogens (tertiary/aromatic N) is 1. The molecule has 1 atom stereocenters. The maximum absolute atomic E-state index is 10.7. The molecule has 0 amide bonds. The average Bonchev–Trinajstić information content (AvgIpc) is 2.01. The van der Waals surface area contributed by atoms with E-state index in [9.17, 15) is 4.79 Å². The van der Waals surface area contributed by atoms with E-state index in [1.165, 1.54) is 0 Å². The Labute approximate surface area is 87.5 Å². The second-order valence-corrected chi connectivity index (χ2v) is 3.33. The van der Waals surface area contributed by atoms with Gasteiger partial charge in [0, 0.05) is 6.42 Å². The van der Waals surface area contributed by atoms with E-state index in [-0.39, 0.29) is 12.4 Å². The molecule has 1 unspecified atom stereocenters. The van der Waals surface area contributed by atoms with Crippen molar-refractivity contribution in [3.05, 3.63) is 0 Å². The fraction of sp³-hybridized carbons (Fsp3) is 0.714. The number of hydrogen-bond donors (Lipinski definition) is 6. The van der Waals surface area contributed by atoms with Crippen LogP contribution in [0, 0.1) is 0 Å². The maximum atomic E-state index is 10.7. The molecule has 0 aliphatic rings. The summed E-state index contributed by atoms with van der Waals surface area (Å²) in [6.45, 7) is 0.317. The van der Waals surface area contributed by atoms with Gasteiger partial charge in [0.2, 0.25) is 0 Å². The van der Waals surface area contributed by atoms with Gasteiger partial charge < -0.3 is 33.8 Å². The van der Waals surface area contributed by atoms with Gasteiger partial charge in [0.1, 0.15) is 0 Å². The van der Waals surface area contributed by atoms with Crippen molar-refractivity contribution in [2.45, 2.75) is 24.5 Å². The molecule has 0 bridgehead atoms. The summed E-state index contributed by atoms with van der Waals surface area (Å²) in [6, 6.07) is -0.480. The molecule has 0 aromatic heterocycles. The van der Waals surface area contributed by atoms with Crippen molar-refractivity contribution in [1.82, 2.24) is 0 Å². The van der Waals surface area contributed by atoms with E-state index in [0.717, 1.165) is 0 Å². The van der Waals surface area contributed by atoms with Crippen LogP contribution in [-0.2, 0) is 4.79 Å². The summed E-state index contributed by atoms with van der Waals surface area (Å²) in [6.07, 6.45) is 0.346. The zero-order valence-electron chi connectivity index (χ0n) is 8.39. The molecule has 0 spiro atoms. The third-order valence-electron chi connectivity index (χ3n) is 1.80. The maximum Gasteiger partial charge on any atom is 0.338 e. The summed E-state index contributed by atoms with van der Waals surface area (Å²) in [4.78, 5) is 14.5. The Morgan fingerprint density at radius 1 is 1.40 bits per heavy atom. The van der Waals surface area contributed by atoms with Crippen molar-refractivity contribution in [2.75, 3.05) is 6.54 Å². The van der Waals surface area contributed by atoms with Gasteiger partial charge in [-0.05, 0) is 13.0 Å². The molecule has 8 heteroatoms. The van der Waals surface area contributed by atoms with Crippen LogP contribution in [0.2, 0.25) is 0 Å². The molecule has 0 rings (SSSR count). The summed E-state index contributed by atoms with van der Waals surface area (Å²) in [5.41, 5.74) is 24.5. The van der Waals surface area contributed by atoms with Gasteiger partial charge in [-0.3, -0.25) is 4.99 Å². The Balaban J connectivity index is 4.54.